The van der Waals surface area contributed by atoms with Crippen LogP contribution in [0.3, 0.4) is 0 Å². The van der Waals surface area contributed by atoms with Gasteiger partial charge in [-0.05, 0) is 51.3 Å². The number of aliphatic hydroxyl groups is 1. The summed E-state index contributed by atoms with van der Waals surface area (Å²) in [6, 6.07) is 6.16. The number of nitriles is 1. The molecule has 2 saturated heterocycles. The molecular weight excluding hydrogens is 335 g/mol. The highest BCUT2D eigenvalue weighted by Crippen LogP contribution is 2.46. The molecule has 1 amide bonds. The van der Waals surface area contributed by atoms with Crippen molar-refractivity contribution in [2.24, 2.45) is 0 Å². The van der Waals surface area contributed by atoms with Crippen LogP contribution in [0, 0.1) is 17.1 Å². The quantitative estimate of drug-likeness (QED) is 0.874. The van der Waals surface area contributed by atoms with Crippen LogP contribution in [0.4, 0.5) is 9.18 Å². The molecule has 0 spiro atoms. The van der Waals surface area contributed by atoms with Gasteiger partial charge in [0.25, 0.3) is 0 Å². The highest BCUT2D eigenvalue weighted by molar-refractivity contribution is 5.70. The minimum atomic E-state index is -1.33. The Labute approximate surface area is 153 Å². The van der Waals surface area contributed by atoms with E-state index in [1.54, 1.807) is 17.0 Å². The average molecular weight is 360 g/mol. The Bertz CT molecular complexity index is 736. The maximum Gasteiger partial charge on any atom is 0.410 e. The first-order valence-corrected chi connectivity index (χ1v) is 9.02. The fourth-order valence-corrected chi connectivity index (χ4v) is 4.19. The van der Waals surface area contributed by atoms with E-state index in [1.807, 2.05) is 26.8 Å². The summed E-state index contributed by atoms with van der Waals surface area (Å²) >= 11 is 0. The molecule has 2 atom stereocenters. The second-order valence-corrected chi connectivity index (χ2v) is 8.36. The SMILES string of the molecule is CC(C)(C)OC(=O)N1C2CCC1CC(O)(c1cc(CC#N)ccc1F)C2. The number of benzene rings is 1. The van der Waals surface area contributed by atoms with Crippen LogP contribution in [0.1, 0.15) is 57.6 Å². The number of hydrogen-bond donors (Lipinski definition) is 1. The van der Waals surface area contributed by atoms with Gasteiger partial charge in [0.15, 0.2) is 0 Å². The Morgan fingerprint density at radius 3 is 2.54 bits per heavy atom. The normalized spacial score (nSPS) is 27.9. The molecule has 5 nitrogen and oxygen atoms in total. The molecule has 2 heterocycles. The van der Waals surface area contributed by atoms with Gasteiger partial charge in [-0.2, -0.15) is 5.26 Å². The van der Waals surface area contributed by atoms with E-state index < -0.39 is 17.0 Å². The molecular formula is C20H25FN2O3. The van der Waals surface area contributed by atoms with Gasteiger partial charge in [0.1, 0.15) is 11.4 Å². The predicted molar refractivity (Wildman–Crippen MR) is 93.7 cm³/mol. The van der Waals surface area contributed by atoms with Gasteiger partial charge in [-0.15, -0.1) is 0 Å². The van der Waals surface area contributed by atoms with Gasteiger partial charge >= 0.3 is 6.09 Å². The van der Waals surface area contributed by atoms with Crippen molar-refractivity contribution >= 4 is 6.09 Å². The first-order chi connectivity index (χ1) is 12.1. The van der Waals surface area contributed by atoms with Gasteiger partial charge < -0.3 is 14.7 Å². The molecule has 1 aromatic carbocycles. The third-order valence-electron chi connectivity index (χ3n) is 5.19. The predicted octanol–water partition coefficient (Wildman–Crippen LogP) is 3.64. The Kier molecular flexibility index (Phi) is 4.70. The molecule has 26 heavy (non-hydrogen) atoms. The van der Waals surface area contributed by atoms with Crippen LogP contribution < -0.4 is 0 Å². The lowest BCUT2D eigenvalue weighted by Gasteiger charge is -2.44. The minimum Gasteiger partial charge on any atom is -0.444 e. The molecule has 0 aromatic heterocycles. The van der Waals surface area contributed by atoms with E-state index in [9.17, 15) is 14.3 Å². The number of carbonyl (C=O) groups excluding carboxylic acids is 1. The van der Waals surface area contributed by atoms with Crippen molar-refractivity contribution in [1.29, 1.82) is 5.26 Å². The fourth-order valence-electron chi connectivity index (χ4n) is 4.19. The summed E-state index contributed by atoms with van der Waals surface area (Å²) in [7, 11) is 0. The largest absolute Gasteiger partial charge is 0.444 e. The average Bonchev–Trinajstić information content (AvgIpc) is 2.81. The highest BCUT2D eigenvalue weighted by atomic mass is 19.1. The van der Waals surface area contributed by atoms with Gasteiger partial charge in [-0.25, -0.2) is 9.18 Å². The van der Waals surface area contributed by atoms with Crippen molar-refractivity contribution in [3.05, 3.63) is 35.1 Å². The second kappa shape index (κ2) is 6.55. The van der Waals surface area contributed by atoms with Gasteiger partial charge in [-0.1, -0.05) is 6.07 Å². The molecule has 140 valence electrons. The molecule has 1 N–H and O–H groups in total. The van der Waals surface area contributed by atoms with E-state index >= 15 is 0 Å². The number of carbonyl (C=O) groups is 1. The smallest absolute Gasteiger partial charge is 0.410 e. The summed E-state index contributed by atoms with van der Waals surface area (Å²) in [6.45, 7) is 5.47. The summed E-state index contributed by atoms with van der Waals surface area (Å²) in [5, 5.41) is 20.1. The molecule has 2 fully saturated rings. The van der Waals surface area contributed by atoms with E-state index in [0.717, 1.165) is 12.8 Å². The number of rotatable bonds is 2. The number of nitrogens with zero attached hydrogens (tertiary/aromatic N) is 2. The van der Waals surface area contributed by atoms with E-state index in [1.165, 1.54) is 6.07 Å². The van der Waals surface area contributed by atoms with Crippen LogP contribution in [0.25, 0.3) is 0 Å². The Hall–Kier alpha value is -2.13. The van der Waals surface area contributed by atoms with Gasteiger partial charge in [0, 0.05) is 30.5 Å². The van der Waals surface area contributed by atoms with Crippen molar-refractivity contribution < 1.29 is 19.0 Å². The number of piperidine rings is 1. The third kappa shape index (κ3) is 3.54. The Balaban J connectivity index is 1.85. The summed E-state index contributed by atoms with van der Waals surface area (Å²) in [6.07, 6.45) is 1.88. The van der Waals surface area contributed by atoms with Crippen molar-refractivity contribution in [3.8, 4) is 6.07 Å². The van der Waals surface area contributed by atoms with Crippen molar-refractivity contribution in [2.45, 2.75) is 76.2 Å². The molecule has 2 bridgehead atoms. The topological polar surface area (TPSA) is 73.6 Å². The number of amides is 1. The molecule has 6 heteroatoms. The lowest BCUT2D eigenvalue weighted by Crippen LogP contribution is -2.53. The minimum absolute atomic E-state index is 0.167. The maximum atomic E-state index is 14.4. The maximum absolute atomic E-state index is 14.4. The molecule has 0 radical (unpaired) electrons. The third-order valence-corrected chi connectivity index (χ3v) is 5.19. The van der Waals surface area contributed by atoms with Crippen LogP contribution in [0.2, 0.25) is 0 Å². The second-order valence-electron chi connectivity index (χ2n) is 8.36. The van der Waals surface area contributed by atoms with Crippen molar-refractivity contribution in [2.75, 3.05) is 0 Å². The lowest BCUT2D eigenvalue weighted by molar-refractivity contribution is -0.0640. The number of fused-ring (bicyclic) bond motifs is 2. The van der Waals surface area contributed by atoms with Gasteiger partial charge in [0.05, 0.1) is 18.1 Å². The van der Waals surface area contributed by atoms with Crippen molar-refractivity contribution in [1.82, 2.24) is 4.90 Å². The zero-order valence-electron chi connectivity index (χ0n) is 15.5. The number of ether oxygens (including phenoxy) is 1. The van der Waals surface area contributed by atoms with E-state index in [2.05, 4.69) is 0 Å². The molecule has 1 aromatic rings. The van der Waals surface area contributed by atoms with E-state index in [-0.39, 0.29) is 43.0 Å². The first kappa shape index (κ1) is 18.7. The van der Waals surface area contributed by atoms with Crippen LogP contribution in [0.15, 0.2) is 18.2 Å². The Morgan fingerprint density at radius 2 is 2.00 bits per heavy atom. The zero-order valence-corrected chi connectivity index (χ0v) is 15.5. The van der Waals surface area contributed by atoms with E-state index in [4.69, 9.17) is 10.00 Å². The molecule has 2 unspecified atom stereocenters. The summed E-state index contributed by atoms with van der Waals surface area (Å²) in [5.74, 6) is -0.473. The van der Waals surface area contributed by atoms with E-state index in [0.29, 0.717) is 5.56 Å². The number of hydrogen-bond acceptors (Lipinski definition) is 4. The van der Waals surface area contributed by atoms with Crippen LogP contribution in [-0.2, 0) is 16.8 Å². The molecule has 0 aliphatic carbocycles. The lowest BCUT2D eigenvalue weighted by atomic mass is 9.79. The van der Waals surface area contributed by atoms with Crippen LogP contribution >= 0.6 is 0 Å². The first-order valence-electron chi connectivity index (χ1n) is 9.02. The summed E-state index contributed by atoms with van der Waals surface area (Å²) in [4.78, 5) is 14.3. The number of halogens is 1. The molecule has 2 aliphatic rings. The summed E-state index contributed by atoms with van der Waals surface area (Å²) in [5.41, 5.74) is -1.01. The fraction of sp³-hybridized carbons (Fsp3) is 0.600. The molecule has 0 saturated carbocycles. The van der Waals surface area contributed by atoms with Crippen LogP contribution in [0.5, 0.6) is 0 Å². The standard InChI is InChI=1S/C20H25FN2O3/c1-19(2,3)26-18(24)23-14-5-6-15(23)12-20(25,11-14)16-10-13(8-9-22)4-7-17(16)21/h4,7,10,14-15,25H,5-6,8,11-12H2,1-3H3. The van der Waals surface area contributed by atoms with Gasteiger partial charge in [-0.3, -0.25) is 0 Å². The van der Waals surface area contributed by atoms with Crippen molar-refractivity contribution in [3.63, 3.8) is 0 Å². The Morgan fingerprint density at radius 1 is 1.38 bits per heavy atom. The zero-order chi connectivity index (χ0) is 19.1. The molecule has 2 aliphatic heterocycles. The monoisotopic (exact) mass is 360 g/mol. The van der Waals surface area contributed by atoms with Gasteiger partial charge in [0.2, 0.25) is 0 Å². The summed E-state index contributed by atoms with van der Waals surface area (Å²) < 4.78 is 19.9. The molecule has 3 rings (SSSR count). The highest BCUT2D eigenvalue weighted by Gasteiger charge is 2.51. The van der Waals surface area contributed by atoms with Crippen LogP contribution in [-0.4, -0.2) is 33.8 Å².